The fourth-order valence-electron chi connectivity index (χ4n) is 2.37. The topological polar surface area (TPSA) is 34.4 Å². The van der Waals surface area contributed by atoms with Crippen LogP contribution in [-0.2, 0) is 6.42 Å². The Balaban J connectivity index is 2.06. The van der Waals surface area contributed by atoms with Gasteiger partial charge >= 0.3 is 0 Å². The summed E-state index contributed by atoms with van der Waals surface area (Å²) in [6.07, 6.45) is 2.70. The van der Waals surface area contributed by atoms with Crippen LogP contribution >= 0.6 is 0 Å². The molecule has 0 fully saturated rings. The van der Waals surface area contributed by atoms with Crippen molar-refractivity contribution in [3.05, 3.63) is 53.5 Å². The van der Waals surface area contributed by atoms with Crippen LogP contribution < -0.4 is 10.1 Å². The van der Waals surface area contributed by atoms with Crippen LogP contribution in [-0.4, -0.2) is 13.7 Å². The minimum atomic E-state index is 0.0537. The Bertz CT molecular complexity index is 505. The third kappa shape index (κ3) is 1.72. The second kappa shape index (κ2) is 4.26. The Hall–Kier alpha value is -1.74. The van der Waals surface area contributed by atoms with Gasteiger partial charge in [-0.25, -0.2) is 0 Å². The number of furan rings is 1. The third-order valence-corrected chi connectivity index (χ3v) is 3.17. The lowest BCUT2D eigenvalue weighted by atomic mass is 10.0. The summed E-state index contributed by atoms with van der Waals surface area (Å²) in [5, 5.41) is 3.28. The van der Waals surface area contributed by atoms with Crippen molar-refractivity contribution < 1.29 is 9.15 Å². The predicted octanol–water partition coefficient (Wildman–Crippen LogP) is 2.52. The molecule has 1 aromatic heterocycles. The van der Waals surface area contributed by atoms with Gasteiger partial charge in [-0.15, -0.1) is 0 Å². The first kappa shape index (κ1) is 10.4. The van der Waals surface area contributed by atoms with Gasteiger partial charge in [-0.2, -0.15) is 0 Å². The third-order valence-electron chi connectivity index (χ3n) is 3.17. The molecule has 1 atom stereocenters. The maximum atomic E-state index is 5.73. The van der Waals surface area contributed by atoms with E-state index in [0.717, 1.165) is 30.1 Å². The van der Waals surface area contributed by atoms with E-state index < -0.39 is 0 Å². The highest BCUT2D eigenvalue weighted by Gasteiger charge is 2.23. The molecule has 2 aromatic rings. The molecule has 0 saturated heterocycles. The van der Waals surface area contributed by atoms with Gasteiger partial charge in [0.25, 0.3) is 0 Å². The molecule has 0 amide bonds. The lowest BCUT2D eigenvalue weighted by Crippen LogP contribution is -2.17. The van der Waals surface area contributed by atoms with Crippen molar-refractivity contribution in [2.45, 2.75) is 12.5 Å². The number of rotatable bonds is 3. The van der Waals surface area contributed by atoms with Crippen molar-refractivity contribution in [1.82, 2.24) is 5.32 Å². The summed E-state index contributed by atoms with van der Waals surface area (Å²) in [7, 11) is 1.93. The molecule has 1 aliphatic heterocycles. The van der Waals surface area contributed by atoms with Crippen LogP contribution in [0.5, 0.6) is 5.75 Å². The summed E-state index contributed by atoms with van der Waals surface area (Å²) in [5.74, 6) is 1.93. The molecule has 0 spiro atoms. The quantitative estimate of drug-likeness (QED) is 0.878. The molecule has 1 aliphatic rings. The molecule has 0 bridgehead atoms. The van der Waals surface area contributed by atoms with Crippen molar-refractivity contribution in [2.24, 2.45) is 0 Å². The van der Waals surface area contributed by atoms with Crippen LogP contribution in [0.1, 0.15) is 22.9 Å². The smallest absolute Gasteiger partial charge is 0.127 e. The van der Waals surface area contributed by atoms with E-state index in [1.54, 1.807) is 6.26 Å². The van der Waals surface area contributed by atoms with Gasteiger partial charge in [0.1, 0.15) is 11.5 Å². The molecule has 3 rings (SSSR count). The number of ether oxygens (including phenoxy) is 1. The van der Waals surface area contributed by atoms with Crippen molar-refractivity contribution in [3.8, 4) is 5.75 Å². The first-order valence-corrected chi connectivity index (χ1v) is 5.85. The standard InChI is InChI=1S/C14H15NO2/c1-15-13(12-6-3-8-16-12)11-5-2-4-10-7-9-17-14(10)11/h2-6,8,13,15H,7,9H2,1H3. The number of hydrogen-bond donors (Lipinski definition) is 1. The molecule has 1 N–H and O–H groups in total. The van der Waals surface area contributed by atoms with Crippen molar-refractivity contribution in [3.63, 3.8) is 0 Å². The highest BCUT2D eigenvalue weighted by atomic mass is 16.5. The van der Waals surface area contributed by atoms with Crippen molar-refractivity contribution in [2.75, 3.05) is 13.7 Å². The molecule has 0 radical (unpaired) electrons. The van der Waals surface area contributed by atoms with Crippen molar-refractivity contribution >= 4 is 0 Å². The molecule has 3 nitrogen and oxygen atoms in total. The Morgan fingerprint density at radius 3 is 2.94 bits per heavy atom. The fraction of sp³-hybridized carbons (Fsp3) is 0.286. The van der Waals surface area contributed by atoms with E-state index >= 15 is 0 Å². The van der Waals surface area contributed by atoms with Crippen LogP contribution in [0.25, 0.3) is 0 Å². The van der Waals surface area contributed by atoms with Gasteiger partial charge in [-0.1, -0.05) is 18.2 Å². The maximum absolute atomic E-state index is 5.73. The zero-order valence-corrected chi connectivity index (χ0v) is 9.77. The zero-order chi connectivity index (χ0) is 11.7. The van der Waals surface area contributed by atoms with Gasteiger partial charge < -0.3 is 14.5 Å². The molecular formula is C14H15NO2. The Labute approximate surface area is 100 Å². The molecule has 1 unspecified atom stereocenters. The first-order chi connectivity index (χ1) is 8.40. The number of benzene rings is 1. The summed E-state index contributed by atoms with van der Waals surface area (Å²) in [6.45, 7) is 0.779. The van der Waals surface area contributed by atoms with Gasteiger partial charge in [-0.3, -0.25) is 0 Å². The summed E-state index contributed by atoms with van der Waals surface area (Å²) >= 11 is 0. The van der Waals surface area contributed by atoms with E-state index in [4.69, 9.17) is 9.15 Å². The predicted molar refractivity (Wildman–Crippen MR) is 65.3 cm³/mol. The molecule has 2 heterocycles. The van der Waals surface area contributed by atoms with Gasteiger partial charge in [0, 0.05) is 12.0 Å². The van der Waals surface area contributed by atoms with E-state index in [1.165, 1.54) is 5.56 Å². The van der Waals surface area contributed by atoms with Crippen LogP contribution in [0.15, 0.2) is 41.0 Å². The number of para-hydroxylation sites is 1. The van der Waals surface area contributed by atoms with E-state index in [2.05, 4.69) is 23.5 Å². The van der Waals surface area contributed by atoms with E-state index in [9.17, 15) is 0 Å². The average molecular weight is 229 g/mol. The lowest BCUT2D eigenvalue weighted by molar-refractivity contribution is 0.348. The fourth-order valence-corrected chi connectivity index (χ4v) is 2.37. The molecule has 0 saturated carbocycles. The van der Waals surface area contributed by atoms with E-state index in [0.29, 0.717) is 0 Å². The average Bonchev–Trinajstić information content (AvgIpc) is 3.00. The summed E-state index contributed by atoms with van der Waals surface area (Å²) in [5.41, 5.74) is 2.44. The molecule has 3 heteroatoms. The van der Waals surface area contributed by atoms with Crippen LogP contribution in [0, 0.1) is 0 Å². The van der Waals surface area contributed by atoms with Gasteiger partial charge in [0.15, 0.2) is 0 Å². The second-order valence-electron chi connectivity index (χ2n) is 4.17. The van der Waals surface area contributed by atoms with Gasteiger partial charge in [-0.05, 0) is 24.7 Å². The van der Waals surface area contributed by atoms with Gasteiger partial charge in [0.2, 0.25) is 0 Å². The zero-order valence-electron chi connectivity index (χ0n) is 9.77. The number of nitrogens with one attached hydrogen (secondary N) is 1. The number of hydrogen-bond acceptors (Lipinski definition) is 3. The highest BCUT2D eigenvalue weighted by molar-refractivity contribution is 5.47. The van der Waals surface area contributed by atoms with E-state index in [-0.39, 0.29) is 6.04 Å². The minimum absolute atomic E-state index is 0.0537. The first-order valence-electron chi connectivity index (χ1n) is 5.85. The normalized spacial score (nSPS) is 15.4. The second-order valence-corrected chi connectivity index (χ2v) is 4.17. The van der Waals surface area contributed by atoms with Crippen LogP contribution in [0.3, 0.4) is 0 Å². The molecule has 0 aliphatic carbocycles. The maximum Gasteiger partial charge on any atom is 0.127 e. The Morgan fingerprint density at radius 1 is 1.24 bits per heavy atom. The highest BCUT2D eigenvalue weighted by Crippen LogP contribution is 2.35. The SMILES string of the molecule is CNC(c1ccco1)c1cccc2c1OCC2. The Morgan fingerprint density at radius 2 is 2.18 bits per heavy atom. The summed E-state index contributed by atoms with van der Waals surface area (Å²) < 4.78 is 11.2. The minimum Gasteiger partial charge on any atom is -0.493 e. The largest absolute Gasteiger partial charge is 0.493 e. The summed E-state index contributed by atoms with van der Waals surface area (Å²) in [6, 6.07) is 10.2. The van der Waals surface area contributed by atoms with E-state index in [1.807, 2.05) is 19.2 Å². The summed E-state index contributed by atoms with van der Waals surface area (Å²) in [4.78, 5) is 0. The number of fused-ring (bicyclic) bond motifs is 1. The molecule has 88 valence electrons. The Kier molecular flexibility index (Phi) is 2.61. The van der Waals surface area contributed by atoms with Crippen LogP contribution in [0.4, 0.5) is 0 Å². The monoisotopic (exact) mass is 229 g/mol. The molecule has 1 aromatic carbocycles. The van der Waals surface area contributed by atoms with Gasteiger partial charge in [0.05, 0.1) is 18.9 Å². The lowest BCUT2D eigenvalue weighted by Gasteiger charge is -2.17. The molecular weight excluding hydrogens is 214 g/mol. The molecule has 17 heavy (non-hydrogen) atoms. The van der Waals surface area contributed by atoms with Crippen molar-refractivity contribution in [1.29, 1.82) is 0 Å². The van der Waals surface area contributed by atoms with Crippen LogP contribution in [0.2, 0.25) is 0 Å².